The summed E-state index contributed by atoms with van der Waals surface area (Å²) in [5.41, 5.74) is 1.77. The fourth-order valence-corrected chi connectivity index (χ4v) is 4.71. The summed E-state index contributed by atoms with van der Waals surface area (Å²) in [6.07, 6.45) is 0. The maximum absolute atomic E-state index is 13.7. The highest BCUT2D eigenvalue weighted by molar-refractivity contribution is 9.10. The Hall–Kier alpha value is -2.96. The van der Waals surface area contributed by atoms with E-state index in [-0.39, 0.29) is 17.1 Å². The minimum Gasteiger partial charge on any atom is -0.507 e. The van der Waals surface area contributed by atoms with Crippen LogP contribution in [0.2, 0.25) is 0 Å². The van der Waals surface area contributed by atoms with Gasteiger partial charge >= 0.3 is 5.97 Å². The van der Waals surface area contributed by atoms with E-state index in [2.05, 4.69) is 21.2 Å². The molecule has 0 radical (unpaired) electrons. The minimum atomic E-state index is -1.02. The predicted octanol–water partition coefficient (Wildman–Crippen LogP) is 4.54. The first-order valence-electron chi connectivity index (χ1n) is 9.59. The van der Waals surface area contributed by atoms with Crippen LogP contribution in [0.4, 0.5) is 0 Å². The van der Waals surface area contributed by atoms with E-state index in [1.54, 1.807) is 18.2 Å². The van der Waals surface area contributed by atoms with Gasteiger partial charge < -0.3 is 10.2 Å². The molecule has 1 aliphatic heterocycles. The number of benzene rings is 3. The van der Waals surface area contributed by atoms with Crippen molar-refractivity contribution in [1.29, 1.82) is 0 Å². The molecule has 0 amide bonds. The molecule has 152 valence electrons. The first-order valence-corrected chi connectivity index (χ1v) is 10.4. The van der Waals surface area contributed by atoms with Gasteiger partial charge in [0.05, 0.1) is 11.5 Å². The van der Waals surface area contributed by atoms with Crippen LogP contribution >= 0.6 is 15.9 Å². The number of carbonyl (C=O) groups excluding carboxylic acids is 1. The van der Waals surface area contributed by atoms with Gasteiger partial charge in [-0.1, -0.05) is 70.5 Å². The summed E-state index contributed by atoms with van der Waals surface area (Å²) < 4.78 is 0.807. The number of nitrogens with one attached hydrogen (secondary N) is 1. The lowest BCUT2D eigenvalue weighted by Crippen LogP contribution is -2.35. The van der Waals surface area contributed by atoms with Crippen molar-refractivity contribution in [2.24, 2.45) is 5.92 Å². The zero-order valence-corrected chi connectivity index (χ0v) is 17.5. The molecule has 3 aromatic carbocycles. The molecule has 1 saturated heterocycles. The summed E-state index contributed by atoms with van der Waals surface area (Å²) in [5.74, 6) is -2.74. The standard InChI is InChI=1S/C24H20BrNO4/c25-16-10-6-9-15(13-16)19-20(23(28)17-11-4-5-12-18(17)27)21(26-22(19)24(29)30)14-7-2-1-3-8-14/h1-13,19-22,26-27H,(H,29,30). The van der Waals surface area contributed by atoms with Crippen LogP contribution in [0.1, 0.15) is 33.4 Å². The van der Waals surface area contributed by atoms with Crippen LogP contribution < -0.4 is 5.32 Å². The zero-order valence-electron chi connectivity index (χ0n) is 15.9. The Kier molecular flexibility index (Phi) is 5.70. The Bertz CT molecular complexity index is 1090. The predicted molar refractivity (Wildman–Crippen MR) is 117 cm³/mol. The molecule has 0 bridgehead atoms. The van der Waals surface area contributed by atoms with Gasteiger partial charge in [-0.05, 0) is 35.4 Å². The second kappa shape index (κ2) is 8.42. The second-order valence-corrected chi connectivity index (χ2v) is 8.27. The van der Waals surface area contributed by atoms with Crippen molar-refractivity contribution in [3.63, 3.8) is 0 Å². The number of hydrogen-bond acceptors (Lipinski definition) is 4. The Morgan fingerprint density at radius 3 is 2.20 bits per heavy atom. The van der Waals surface area contributed by atoms with E-state index in [1.165, 1.54) is 6.07 Å². The number of phenolic OH excluding ortho intramolecular Hbond substituents is 1. The lowest BCUT2D eigenvalue weighted by atomic mass is 9.76. The van der Waals surface area contributed by atoms with Gasteiger partial charge in [0.1, 0.15) is 11.8 Å². The molecule has 1 aliphatic rings. The minimum absolute atomic E-state index is 0.110. The van der Waals surface area contributed by atoms with Crippen molar-refractivity contribution in [2.75, 3.05) is 0 Å². The van der Waals surface area contributed by atoms with Crippen molar-refractivity contribution in [3.05, 3.63) is 100 Å². The van der Waals surface area contributed by atoms with E-state index < -0.39 is 29.9 Å². The summed E-state index contributed by atoms with van der Waals surface area (Å²) in [7, 11) is 0. The average molecular weight is 466 g/mol. The highest BCUT2D eigenvalue weighted by atomic mass is 79.9. The van der Waals surface area contributed by atoms with Crippen molar-refractivity contribution in [3.8, 4) is 5.75 Å². The lowest BCUT2D eigenvalue weighted by Gasteiger charge is -2.25. The van der Waals surface area contributed by atoms with Crippen molar-refractivity contribution in [1.82, 2.24) is 5.32 Å². The van der Waals surface area contributed by atoms with Gasteiger partial charge in [0.25, 0.3) is 0 Å². The number of carboxylic acid groups (broad SMARTS) is 1. The number of rotatable bonds is 5. The first-order chi connectivity index (χ1) is 14.5. The third-order valence-electron chi connectivity index (χ3n) is 5.59. The number of para-hydroxylation sites is 1. The number of Topliss-reactive ketones (excluding diaryl/α,β-unsaturated/α-hetero) is 1. The van der Waals surface area contributed by atoms with Crippen LogP contribution in [0.25, 0.3) is 0 Å². The molecule has 4 atom stereocenters. The monoisotopic (exact) mass is 465 g/mol. The Balaban J connectivity index is 1.88. The molecule has 0 saturated carbocycles. The van der Waals surface area contributed by atoms with Crippen LogP contribution in [0.3, 0.4) is 0 Å². The van der Waals surface area contributed by atoms with Crippen LogP contribution in [-0.2, 0) is 4.79 Å². The van der Waals surface area contributed by atoms with Gasteiger partial charge in [-0.3, -0.25) is 14.9 Å². The number of aliphatic carboxylic acids is 1. The molecule has 5 nitrogen and oxygen atoms in total. The number of aromatic hydroxyl groups is 1. The Morgan fingerprint density at radius 2 is 1.53 bits per heavy atom. The van der Waals surface area contributed by atoms with E-state index in [0.29, 0.717) is 0 Å². The normalized spacial score (nSPS) is 23.2. The Labute approximate surface area is 182 Å². The first kappa shape index (κ1) is 20.3. The van der Waals surface area contributed by atoms with Gasteiger partial charge in [0.2, 0.25) is 0 Å². The van der Waals surface area contributed by atoms with Crippen LogP contribution in [-0.4, -0.2) is 28.0 Å². The van der Waals surface area contributed by atoms with Gasteiger partial charge in [-0.2, -0.15) is 0 Å². The largest absolute Gasteiger partial charge is 0.507 e. The maximum atomic E-state index is 13.7. The molecule has 4 unspecified atom stereocenters. The fraction of sp³-hybridized carbons (Fsp3) is 0.167. The third kappa shape index (κ3) is 3.76. The highest BCUT2D eigenvalue weighted by Gasteiger charge is 2.51. The van der Waals surface area contributed by atoms with Crippen molar-refractivity contribution < 1.29 is 19.8 Å². The summed E-state index contributed by atoms with van der Waals surface area (Å²) in [5, 5.41) is 23.5. The van der Waals surface area contributed by atoms with Crippen molar-refractivity contribution >= 4 is 27.7 Å². The zero-order chi connectivity index (χ0) is 21.3. The summed E-state index contributed by atoms with van der Waals surface area (Å²) in [6.45, 7) is 0. The molecule has 6 heteroatoms. The second-order valence-electron chi connectivity index (χ2n) is 7.36. The van der Waals surface area contributed by atoms with E-state index in [4.69, 9.17) is 0 Å². The smallest absolute Gasteiger partial charge is 0.321 e. The third-order valence-corrected chi connectivity index (χ3v) is 6.09. The topological polar surface area (TPSA) is 86.6 Å². The Morgan fingerprint density at radius 1 is 0.867 bits per heavy atom. The molecule has 30 heavy (non-hydrogen) atoms. The van der Waals surface area contributed by atoms with E-state index >= 15 is 0 Å². The number of phenols is 1. The molecule has 1 fully saturated rings. The van der Waals surface area contributed by atoms with Gasteiger partial charge in [-0.15, -0.1) is 0 Å². The summed E-state index contributed by atoms with van der Waals surface area (Å²) >= 11 is 3.45. The summed E-state index contributed by atoms with van der Waals surface area (Å²) in [6, 6.07) is 21.7. The van der Waals surface area contributed by atoms with E-state index in [0.717, 1.165) is 15.6 Å². The number of ketones is 1. The number of carbonyl (C=O) groups is 2. The molecule has 3 aromatic rings. The molecular weight excluding hydrogens is 446 g/mol. The quantitative estimate of drug-likeness (QED) is 0.481. The number of carboxylic acids is 1. The lowest BCUT2D eigenvalue weighted by molar-refractivity contribution is -0.139. The SMILES string of the molecule is O=C(O)C1NC(c2ccccc2)C(C(=O)c2ccccc2O)C1c1cccc(Br)c1. The van der Waals surface area contributed by atoms with Gasteiger partial charge in [0, 0.05) is 16.4 Å². The molecule has 3 N–H and O–H groups in total. The number of hydrogen-bond donors (Lipinski definition) is 3. The molecule has 1 heterocycles. The van der Waals surface area contributed by atoms with Gasteiger partial charge in [0.15, 0.2) is 5.78 Å². The molecule has 4 rings (SSSR count). The summed E-state index contributed by atoms with van der Waals surface area (Å²) in [4.78, 5) is 25.9. The average Bonchev–Trinajstić information content (AvgIpc) is 3.15. The van der Waals surface area contributed by atoms with E-state index in [1.807, 2.05) is 54.6 Å². The van der Waals surface area contributed by atoms with Crippen LogP contribution in [0.15, 0.2) is 83.3 Å². The molecular formula is C24H20BrNO4. The van der Waals surface area contributed by atoms with Crippen LogP contribution in [0.5, 0.6) is 5.75 Å². The molecule has 0 spiro atoms. The van der Waals surface area contributed by atoms with Crippen molar-refractivity contribution in [2.45, 2.75) is 18.0 Å². The maximum Gasteiger partial charge on any atom is 0.321 e. The number of halogens is 1. The fourth-order valence-electron chi connectivity index (χ4n) is 4.29. The van der Waals surface area contributed by atoms with Gasteiger partial charge in [-0.25, -0.2) is 0 Å². The van der Waals surface area contributed by atoms with Crippen LogP contribution in [0, 0.1) is 5.92 Å². The molecule has 0 aromatic heterocycles. The van der Waals surface area contributed by atoms with E-state index in [9.17, 15) is 19.8 Å². The highest BCUT2D eigenvalue weighted by Crippen LogP contribution is 2.46. The molecule has 0 aliphatic carbocycles.